The summed E-state index contributed by atoms with van der Waals surface area (Å²) in [6.45, 7) is 1.41. The Morgan fingerprint density at radius 3 is 2.06 bits per heavy atom. The van der Waals surface area contributed by atoms with Crippen molar-refractivity contribution in [3.8, 4) is 40.1 Å². The van der Waals surface area contributed by atoms with Crippen LogP contribution in [-0.4, -0.2) is 65.3 Å². The van der Waals surface area contributed by atoms with Crippen LogP contribution in [0.1, 0.15) is 18.6 Å². The van der Waals surface area contributed by atoms with Gasteiger partial charge in [0.2, 0.25) is 5.43 Å². The molecule has 1 aliphatic heterocycles. The molecule has 11 nitrogen and oxygen atoms in total. The lowest BCUT2D eigenvalue weighted by Gasteiger charge is -2.39. The minimum absolute atomic E-state index is 0.126. The highest BCUT2D eigenvalue weighted by molar-refractivity contribution is 5.87. The third-order valence-corrected chi connectivity index (χ3v) is 5.46. The Hall–Kier alpha value is -3.51. The monoisotopic (exact) mass is 448 g/mol. The van der Waals surface area contributed by atoms with Crippen LogP contribution in [0.4, 0.5) is 0 Å². The maximum atomic E-state index is 13.4. The summed E-state index contributed by atoms with van der Waals surface area (Å²) in [6, 6.07) is 3.88. The number of rotatable bonds is 2. The van der Waals surface area contributed by atoms with Crippen LogP contribution >= 0.6 is 0 Å². The first-order chi connectivity index (χ1) is 15.0. The van der Waals surface area contributed by atoms with Gasteiger partial charge in [0.25, 0.3) is 0 Å². The van der Waals surface area contributed by atoms with Crippen molar-refractivity contribution in [2.24, 2.45) is 0 Å². The lowest BCUT2D eigenvalue weighted by Crippen LogP contribution is -2.53. The van der Waals surface area contributed by atoms with Crippen LogP contribution < -0.4 is 5.43 Å². The van der Waals surface area contributed by atoms with Crippen molar-refractivity contribution >= 4 is 11.0 Å². The molecule has 0 amide bonds. The second-order valence-electron chi connectivity index (χ2n) is 7.61. The Balaban J connectivity index is 2.08. The van der Waals surface area contributed by atoms with Gasteiger partial charge in [-0.2, -0.15) is 0 Å². The van der Waals surface area contributed by atoms with Crippen LogP contribution in [0.3, 0.4) is 0 Å². The molecule has 3 aromatic rings. The van der Waals surface area contributed by atoms with Gasteiger partial charge in [-0.1, -0.05) is 0 Å². The van der Waals surface area contributed by atoms with Gasteiger partial charge in [0.15, 0.2) is 17.2 Å². The fourth-order valence-corrected chi connectivity index (χ4v) is 3.80. The van der Waals surface area contributed by atoms with Gasteiger partial charge in [0.05, 0.1) is 11.7 Å². The average molecular weight is 448 g/mol. The van der Waals surface area contributed by atoms with Crippen molar-refractivity contribution in [1.29, 1.82) is 0 Å². The minimum Gasteiger partial charge on any atom is -0.508 e. The molecule has 0 aliphatic carbocycles. The van der Waals surface area contributed by atoms with Crippen molar-refractivity contribution in [2.75, 3.05) is 0 Å². The first-order valence-corrected chi connectivity index (χ1v) is 9.49. The molecule has 11 heteroatoms. The first kappa shape index (κ1) is 21.7. The highest BCUT2D eigenvalue weighted by Crippen LogP contribution is 2.43. The molecule has 0 radical (unpaired) electrons. The summed E-state index contributed by atoms with van der Waals surface area (Å²) in [4.78, 5) is 13.4. The topological polar surface area (TPSA) is 201 Å². The smallest absolute Gasteiger partial charge is 0.203 e. The molecule has 0 unspecified atom stereocenters. The summed E-state index contributed by atoms with van der Waals surface area (Å²) in [5, 5.41) is 79.9. The summed E-state index contributed by atoms with van der Waals surface area (Å²) < 4.78 is 11.3. The SMILES string of the molecule is C[C@@H]1O[C@@H](c2c(-c3cc(O)c(O)c(O)c3)oc3cc(O)cc(O)c3c2=O)[C@H](O)[C@H](O)[C@H]1O. The minimum atomic E-state index is -1.79. The van der Waals surface area contributed by atoms with E-state index in [1.54, 1.807) is 0 Å². The summed E-state index contributed by atoms with van der Waals surface area (Å²) in [5.41, 5.74) is -1.69. The Labute approximate surface area is 179 Å². The Bertz CT molecular complexity index is 1240. The number of hydrogen-bond acceptors (Lipinski definition) is 11. The molecular formula is C21H20O11. The fourth-order valence-electron chi connectivity index (χ4n) is 3.80. The van der Waals surface area contributed by atoms with Gasteiger partial charge in [-0.15, -0.1) is 0 Å². The van der Waals surface area contributed by atoms with Gasteiger partial charge in [-0.25, -0.2) is 0 Å². The highest BCUT2D eigenvalue weighted by atomic mass is 16.5. The molecule has 1 saturated heterocycles. The largest absolute Gasteiger partial charge is 0.508 e. The normalized spacial score (nSPS) is 25.8. The van der Waals surface area contributed by atoms with Crippen molar-refractivity contribution in [1.82, 2.24) is 0 Å². The van der Waals surface area contributed by atoms with Crippen molar-refractivity contribution in [2.45, 2.75) is 37.4 Å². The number of phenolic OH excluding ortho intramolecular Hbond substituents is 5. The first-order valence-electron chi connectivity index (χ1n) is 9.49. The number of phenols is 5. The van der Waals surface area contributed by atoms with Gasteiger partial charge in [-0.05, 0) is 19.1 Å². The summed E-state index contributed by atoms with van der Waals surface area (Å²) in [6.07, 6.45) is -7.51. The Morgan fingerprint density at radius 2 is 1.44 bits per heavy atom. The second-order valence-corrected chi connectivity index (χ2v) is 7.61. The van der Waals surface area contributed by atoms with Gasteiger partial charge < -0.3 is 50.0 Å². The molecule has 4 rings (SSSR count). The lowest BCUT2D eigenvalue weighted by molar-refractivity contribution is -0.219. The average Bonchev–Trinajstić information content (AvgIpc) is 2.72. The zero-order chi connectivity index (χ0) is 23.5. The van der Waals surface area contributed by atoms with Crippen molar-refractivity contribution in [3.63, 3.8) is 0 Å². The maximum absolute atomic E-state index is 13.4. The molecule has 0 bridgehead atoms. The van der Waals surface area contributed by atoms with Crippen LogP contribution in [0.5, 0.6) is 28.7 Å². The summed E-state index contributed by atoms with van der Waals surface area (Å²) >= 11 is 0. The standard InChI is InChI=1S/C21H20O11/c1-6-15(26)18(29)19(30)21(31-6)14-17(28)13-9(23)4-8(22)5-12(13)32-20(14)7-2-10(24)16(27)11(25)3-7/h2-6,15,18-19,21-27,29-30H,1H3/t6-,15-,18+,19+,21-/m0/s1. The number of hydrogen-bond donors (Lipinski definition) is 8. The molecule has 1 aliphatic rings. The fraction of sp³-hybridized carbons (Fsp3) is 0.286. The molecule has 1 fully saturated rings. The number of aliphatic hydroxyl groups is 3. The van der Waals surface area contributed by atoms with Gasteiger partial charge in [-0.3, -0.25) is 4.79 Å². The molecule has 2 aromatic carbocycles. The molecular weight excluding hydrogens is 428 g/mol. The van der Waals surface area contributed by atoms with Crippen LogP contribution in [0.15, 0.2) is 33.5 Å². The van der Waals surface area contributed by atoms with E-state index < -0.39 is 70.3 Å². The van der Waals surface area contributed by atoms with Crippen LogP contribution in [0.25, 0.3) is 22.3 Å². The third kappa shape index (κ3) is 3.28. The second kappa shape index (κ2) is 7.57. The van der Waals surface area contributed by atoms with E-state index in [0.29, 0.717) is 0 Å². The maximum Gasteiger partial charge on any atom is 0.203 e. The molecule has 1 aromatic heterocycles. The summed E-state index contributed by atoms with van der Waals surface area (Å²) in [5.74, 6) is -3.72. The van der Waals surface area contributed by atoms with E-state index in [1.807, 2.05) is 0 Å². The molecule has 5 atom stereocenters. The van der Waals surface area contributed by atoms with E-state index in [0.717, 1.165) is 24.3 Å². The Kier molecular flexibility index (Phi) is 5.13. The molecule has 0 spiro atoms. The van der Waals surface area contributed by atoms with E-state index in [4.69, 9.17) is 9.15 Å². The lowest BCUT2D eigenvalue weighted by atomic mass is 9.89. The van der Waals surface area contributed by atoms with E-state index in [9.17, 15) is 45.6 Å². The molecule has 0 saturated carbocycles. The zero-order valence-corrected chi connectivity index (χ0v) is 16.5. The third-order valence-electron chi connectivity index (χ3n) is 5.46. The van der Waals surface area contributed by atoms with Crippen LogP contribution in [-0.2, 0) is 4.74 Å². The predicted octanol–water partition coefficient (Wildman–Crippen LogP) is 0.530. The van der Waals surface area contributed by atoms with Gasteiger partial charge in [0, 0.05) is 17.7 Å². The molecule has 32 heavy (non-hydrogen) atoms. The van der Waals surface area contributed by atoms with Crippen molar-refractivity contribution < 1.29 is 50.0 Å². The predicted molar refractivity (Wildman–Crippen MR) is 108 cm³/mol. The van der Waals surface area contributed by atoms with Crippen LogP contribution in [0, 0.1) is 0 Å². The van der Waals surface area contributed by atoms with E-state index in [-0.39, 0.29) is 22.3 Å². The molecule has 170 valence electrons. The molecule has 2 heterocycles. The quantitative estimate of drug-likeness (QED) is 0.254. The van der Waals surface area contributed by atoms with Crippen molar-refractivity contribution in [3.05, 3.63) is 40.1 Å². The number of aliphatic hydroxyl groups excluding tert-OH is 3. The number of aromatic hydroxyl groups is 5. The number of benzene rings is 2. The highest BCUT2D eigenvalue weighted by Gasteiger charge is 2.45. The zero-order valence-electron chi connectivity index (χ0n) is 16.5. The Morgan fingerprint density at radius 1 is 0.812 bits per heavy atom. The molecule has 8 N–H and O–H groups in total. The van der Waals surface area contributed by atoms with E-state index >= 15 is 0 Å². The summed E-state index contributed by atoms with van der Waals surface area (Å²) in [7, 11) is 0. The van der Waals surface area contributed by atoms with Crippen LogP contribution in [0.2, 0.25) is 0 Å². The van der Waals surface area contributed by atoms with E-state index in [2.05, 4.69) is 0 Å². The number of ether oxygens (including phenoxy) is 1. The van der Waals surface area contributed by atoms with Gasteiger partial charge >= 0.3 is 0 Å². The van der Waals surface area contributed by atoms with E-state index in [1.165, 1.54) is 6.92 Å². The number of fused-ring (bicyclic) bond motifs is 1. The van der Waals surface area contributed by atoms with Gasteiger partial charge in [0.1, 0.15) is 52.6 Å².